The van der Waals surface area contributed by atoms with Gasteiger partial charge in [0, 0.05) is 11.8 Å². The molecular weight excluding hydrogens is 250 g/mol. The lowest BCUT2D eigenvalue weighted by Crippen LogP contribution is -2.40. The Morgan fingerprint density at radius 2 is 2.26 bits per heavy atom. The highest BCUT2D eigenvalue weighted by atomic mass is 16.5. The van der Waals surface area contributed by atoms with Gasteiger partial charge in [-0.2, -0.15) is 0 Å². The predicted molar refractivity (Wildman–Crippen MR) is 66.7 cm³/mol. The first-order valence-corrected chi connectivity index (χ1v) is 5.96. The molecule has 0 spiro atoms. The average Bonchev–Trinajstić information content (AvgIpc) is 2.38. The number of hydrogen-bond acceptors (Lipinski definition) is 5. The summed E-state index contributed by atoms with van der Waals surface area (Å²) in [5.41, 5.74) is 0.778. The lowest BCUT2D eigenvalue weighted by molar-refractivity contribution is -0.142. The molecule has 0 aliphatic carbocycles. The molecule has 0 aliphatic heterocycles. The minimum atomic E-state index is -1.04. The topological polar surface area (TPSA) is 101 Å². The number of aryl methyl sites for hydroxylation is 1. The molecule has 0 aromatic carbocycles. The SMILES string of the molecule is CCC(NC(=O)CCOc1ncncc1C)C(=O)O. The maximum Gasteiger partial charge on any atom is 0.326 e. The van der Waals surface area contributed by atoms with E-state index in [0.717, 1.165) is 5.56 Å². The molecule has 1 amide bonds. The highest BCUT2D eigenvalue weighted by molar-refractivity contribution is 5.83. The smallest absolute Gasteiger partial charge is 0.326 e. The van der Waals surface area contributed by atoms with E-state index in [2.05, 4.69) is 15.3 Å². The second-order valence-corrected chi connectivity index (χ2v) is 3.98. The van der Waals surface area contributed by atoms with Crippen LogP contribution in [0.4, 0.5) is 0 Å². The molecule has 0 fully saturated rings. The van der Waals surface area contributed by atoms with Crippen molar-refractivity contribution in [1.82, 2.24) is 15.3 Å². The Hall–Kier alpha value is -2.18. The van der Waals surface area contributed by atoms with Crippen LogP contribution in [0.5, 0.6) is 5.88 Å². The summed E-state index contributed by atoms with van der Waals surface area (Å²) in [6, 6.07) is -0.853. The molecule has 0 bridgehead atoms. The maximum absolute atomic E-state index is 11.5. The van der Waals surface area contributed by atoms with E-state index in [-0.39, 0.29) is 18.9 Å². The van der Waals surface area contributed by atoms with Crippen LogP contribution in [-0.4, -0.2) is 39.6 Å². The first kappa shape index (κ1) is 14.9. The van der Waals surface area contributed by atoms with Gasteiger partial charge in [-0.1, -0.05) is 6.92 Å². The van der Waals surface area contributed by atoms with E-state index >= 15 is 0 Å². The van der Waals surface area contributed by atoms with Crippen molar-refractivity contribution in [2.45, 2.75) is 32.7 Å². The van der Waals surface area contributed by atoms with Crippen molar-refractivity contribution in [3.63, 3.8) is 0 Å². The van der Waals surface area contributed by atoms with E-state index in [4.69, 9.17) is 9.84 Å². The molecule has 19 heavy (non-hydrogen) atoms. The average molecular weight is 267 g/mol. The molecule has 0 saturated heterocycles. The molecule has 1 rings (SSSR count). The molecule has 1 atom stereocenters. The van der Waals surface area contributed by atoms with Gasteiger partial charge in [0.15, 0.2) is 0 Å². The van der Waals surface area contributed by atoms with E-state index in [0.29, 0.717) is 12.3 Å². The molecular formula is C12H17N3O4. The fourth-order valence-electron chi connectivity index (χ4n) is 1.38. The van der Waals surface area contributed by atoms with Gasteiger partial charge in [0.05, 0.1) is 13.0 Å². The van der Waals surface area contributed by atoms with Crippen LogP contribution in [0.3, 0.4) is 0 Å². The molecule has 1 aromatic heterocycles. The van der Waals surface area contributed by atoms with Crippen LogP contribution in [0, 0.1) is 6.92 Å². The molecule has 7 heteroatoms. The van der Waals surface area contributed by atoms with Crippen molar-refractivity contribution in [2.75, 3.05) is 6.61 Å². The summed E-state index contributed by atoms with van der Waals surface area (Å²) in [6.07, 6.45) is 3.39. The van der Waals surface area contributed by atoms with E-state index in [1.807, 2.05) is 0 Å². The summed E-state index contributed by atoms with van der Waals surface area (Å²) in [4.78, 5) is 30.0. The van der Waals surface area contributed by atoms with Gasteiger partial charge >= 0.3 is 5.97 Å². The van der Waals surface area contributed by atoms with Crippen LogP contribution >= 0.6 is 0 Å². The number of hydrogen-bond donors (Lipinski definition) is 2. The number of ether oxygens (including phenoxy) is 1. The summed E-state index contributed by atoms with van der Waals surface area (Å²) < 4.78 is 5.32. The Balaban J connectivity index is 2.35. The minimum Gasteiger partial charge on any atom is -0.480 e. The third-order valence-electron chi connectivity index (χ3n) is 2.46. The normalized spacial score (nSPS) is 11.7. The van der Waals surface area contributed by atoms with Gasteiger partial charge in [0.2, 0.25) is 11.8 Å². The second kappa shape index (κ2) is 7.30. The van der Waals surface area contributed by atoms with Gasteiger partial charge in [-0.25, -0.2) is 14.8 Å². The van der Waals surface area contributed by atoms with Crippen molar-refractivity contribution in [2.24, 2.45) is 0 Å². The molecule has 7 nitrogen and oxygen atoms in total. The van der Waals surface area contributed by atoms with Crippen molar-refractivity contribution in [3.8, 4) is 5.88 Å². The molecule has 1 heterocycles. The van der Waals surface area contributed by atoms with Crippen molar-refractivity contribution in [1.29, 1.82) is 0 Å². The number of carbonyl (C=O) groups is 2. The fraction of sp³-hybridized carbons (Fsp3) is 0.500. The van der Waals surface area contributed by atoms with Gasteiger partial charge in [0.1, 0.15) is 12.4 Å². The summed E-state index contributed by atoms with van der Waals surface area (Å²) in [6.45, 7) is 3.63. The summed E-state index contributed by atoms with van der Waals surface area (Å²) in [5.74, 6) is -0.975. The summed E-state index contributed by atoms with van der Waals surface area (Å²) >= 11 is 0. The number of amides is 1. The molecule has 0 radical (unpaired) electrons. The van der Waals surface area contributed by atoms with Crippen LogP contribution < -0.4 is 10.1 Å². The van der Waals surface area contributed by atoms with Gasteiger partial charge in [-0.15, -0.1) is 0 Å². The van der Waals surface area contributed by atoms with Crippen molar-refractivity contribution >= 4 is 11.9 Å². The number of carbonyl (C=O) groups excluding carboxylic acids is 1. The Labute approximate surface area is 111 Å². The molecule has 2 N–H and O–H groups in total. The van der Waals surface area contributed by atoms with Crippen molar-refractivity contribution in [3.05, 3.63) is 18.1 Å². The zero-order chi connectivity index (χ0) is 14.3. The Morgan fingerprint density at radius 3 is 2.84 bits per heavy atom. The Bertz CT molecular complexity index is 450. The molecule has 0 saturated carbocycles. The summed E-state index contributed by atoms with van der Waals surface area (Å²) in [7, 11) is 0. The monoisotopic (exact) mass is 267 g/mol. The minimum absolute atomic E-state index is 0.0766. The number of nitrogens with one attached hydrogen (secondary N) is 1. The van der Waals surface area contributed by atoms with E-state index < -0.39 is 12.0 Å². The number of nitrogens with zero attached hydrogens (tertiary/aromatic N) is 2. The largest absolute Gasteiger partial charge is 0.480 e. The fourth-order valence-corrected chi connectivity index (χ4v) is 1.38. The lowest BCUT2D eigenvalue weighted by atomic mass is 10.2. The highest BCUT2D eigenvalue weighted by Crippen LogP contribution is 2.10. The van der Waals surface area contributed by atoms with Gasteiger partial charge in [0.25, 0.3) is 0 Å². The van der Waals surface area contributed by atoms with Crippen LogP contribution in [0.15, 0.2) is 12.5 Å². The first-order chi connectivity index (χ1) is 9.04. The number of aromatic nitrogens is 2. The number of rotatable bonds is 7. The standard InChI is InChI=1S/C12H17N3O4/c1-3-9(12(17)18)15-10(16)4-5-19-11-8(2)6-13-7-14-11/h6-7,9H,3-5H2,1-2H3,(H,15,16)(H,17,18). The molecule has 104 valence electrons. The number of aliphatic carboxylic acids is 1. The third-order valence-corrected chi connectivity index (χ3v) is 2.46. The van der Waals surface area contributed by atoms with Gasteiger partial charge in [-0.05, 0) is 13.3 Å². The van der Waals surface area contributed by atoms with E-state index in [9.17, 15) is 9.59 Å². The first-order valence-electron chi connectivity index (χ1n) is 5.96. The van der Waals surface area contributed by atoms with Crippen molar-refractivity contribution < 1.29 is 19.4 Å². The van der Waals surface area contributed by atoms with Crippen LogP contribution in [0.1, 0.15) is 25.3 Å². The Morgan fingerprint density at radius 1 is 1.53 bits per heavy atom. The zero-order valence-electron chi connectivity index (χ0n) is 10.9. The molecule has 1 unspecified atom stereocenters. The third kappa shape index (κ3) is 4.90. The van der Waals surface area contributed by atoms with Gasteiger partial charge in [-0.3, -0.25) is 4.79 Å². The molecule has 1 aromatic rings. The zero-order valence-corrected chi connectivity index (χ0v) is 10.9. The van der Waals surface area contributed by atoms with E-state index in [1.165, 1.54) is 6.33 Å². The van der Waals surface area contributed by atoms with Gasteiger partial charge < -0.3 is 15.2 Å². The van der Waals surface area contributed by atoms with Crippen LogP contribution in [0.2, 0.25) is 0 Å². The predicted octanol–water partition coefficient (Wildman–Crippen LogP) is 0.533. The van der Waals surface area contributed by atoms with Crippen LogP contribution in [0.25, 0.3) is 0 Å². The number of carboxylic acid groups (broad SMARTS) is 1. The Kier molecular flexibility index (Phi) is 5.72. The summed E-state index contributed by atoms with van der Waals surface area (Å²) in [5, 5.41) is 11.2. The van der Waals surface area contributed by atoms with Crippen LogP contribution in [-0.2, 0) is 9.59 Å². The lowest BCUT2D eigenvalue weighted by Gasteiger charge is -2.12. The van der Waals surface area contributed by atoms with E-state index in [1.54, 1.807) is 20.0 Å². The maximum atomic E-state index is 11.5. The number of carboxylic acids is 1. The highest BCUT2D eigenvalue weighted by Gasteiger charge is 2.17. The second-order valence-electron chi connectivity index (χ2n) is 3.98. The molecule has 0 aliphatic rings. The quantitative estimate of drug-likeness (QED) is 0.747.